The van der Waals surface area contributed by atoms with Gasteiger partial charge in [-0.3, -0.25) is 4.79 Å². The summed E-state index contributed by atoms with van der Waals surface area (Å²) in [7, 11) is 1.85. The van der Waals surface area contributed by atoms with Crippen LogP contribution in [0.1, 0.15) is 26.2 Å². The number of esters is 1. The van der Waals surface area contributed by atoms with Gasteiger partial charge in [0.2, 0.25) is 0 Å². The van der Waals surface area contributed by atoms with E-state index in [0.717, 1.165) is 23.7 Å². The van der Waals surface area contributed by atoms with Gasteiger partial charge in [0.25, 0.3) is 0 Å². The second kappa shape index (κ2) is 6.96. The number of rotatable bonds is 5. The molecule has 2 atom stereocenters. The Morgan fingerprint density at radius 2 is 2.40 bits per heavy atom. The van der Waals surface area contributed by atoms with Crippen molar-refractivity contribution in [2.24, 2.45) is 0 Å². The second-order valence-electron chi connectivity index (χ2n) is 4.99. The van der Waals surface area contributed by atoms with Gasteiger partial charge in [0, 0.05) is 14.6 Å². The Kier molecular flexibility index (Phi) is 5.52. The van der Waals surface area contributed by atoms with Crippen LogP contribution in [0.5, 0.6) is 0 Å². The molecule has 0 bridgehead atoms. The Balaban J connectivity index is 2.02. The molecule has 1 saturated carbocycles. The van der Waals surface area contributed by atoms with Gasteiger partial charge in [-0.25, -0.2) is 0 Å². The number of carbonyl (C=O) groups excluding carboxylic acids is 1. The van der Waals surface area contributed by atoms with Crippen molar-refractivity contribution in [3.63, 3.8) is 0 Å². The summed E-state index contributed by atoms with van der Waals surface area (Å²) in [4.78, 5) is 13.4. The molecule has 0 radical (unpaired) electrons. The summed E-state index contributed by atoms with van der Waals surface area (Å²) in [5.41, 5.74) is -0.500. The molecule has 0 aromatic heterocycles. The monoisotopic (exact) mass is 357 g/mol. The molecule has 2 rings (SSSR count). The fourth-order valence-corrected chi connectivity index (χ4v) is 4.51. The maximum Gasteiger partial charge on any atom is 0.326 e. The highest BCUT2D eigenvalue weighted by Crippen LogP contribution is 2.41. The third-order valence-corrected chi connectivity index (χ3v) is 5.47. The molecular weight excluding hydrogens is 338 g/mol. The summed E-state index contributed by atoms with van der Waals surface area (Å²) in [6, 6.07) is 8.29. The maximum absolute atomic E-state index is 12.1. The lowest BCUT2D eigenvalue weighted by Gasteiger charge is -2.26. The van der Waals surface area contributed by atoms with Crippen molar-refractivity contribution in [3.8, 4) is 0 Å². The molecule has 1 aliphatic carbocycles. The van der Waals surface area contributed by atoms with Gasteiger partial charge in [0.15, 0.2) is 0 Å². The average Bonchev–Trinajstić information content (AvgIpc) is 2.84. The molecule has 110 valence electrons. The van der Waals surface area contributed by atoms with E-state index in [2.05, 4.69) is 33.4 Å². The average molecular weight is 358 g/mol. The van der Waals surface area contributed by atoms with Crippen LogP contribution in [0.15, 0.2) is 33.6 Å². The van der Waals surface area contributed by atoms with Crippen molar-refractivity contribution in [1.29, 1.82) is 0 Å². The van der Waals surface area contributed by atoms with E-state index >= 15 is 0 Å². The van der Waals surface area contributed by atoms with Gasteiger partial charge in [-0.05, 0) is 51.4 Å². The summed E-state index contributed by atoms with van der Waals surface area (Å²) >= 11 is 5.33. The van der Waals surface area contributed by atoms with Crippen LogP contribution >= 0.6 is 27.7 Å². The number of thioether (sulfide) groups is 1. The van der Waals surface area contributed by atoms with Crippen molar-refractivity contribution >= 4 is 33.7 Å². The number of likely N-dealkylation sites (N-methyl/N-ethyl adjacent to an activating group) is 1. The molecule has 0 spiro atoms. The van der Waals surface area contributed by atoms with Gasteiger partial charge >= 0.3 is 5.97 Å². The number of carbonyl (C=O) groups is 1. The summed E-state index contributed by atoms with van der Waals surface area (Å²) in [5.74, 6) is -0.111. The van der Waals surface area contributed by atoms with Gasteiger partial charge in [-0.15, -0.1) is 11.8 Å². The fraction of sp³-hybridized carbons (Fsp3) is 0.533. The molecule has 20 heavy (non-hydrogen) atoms. The first kappa shape index (κ1) is 15.9. The van der Waals surface area contributed by atoms with E-state index in [1.165, 1.54) is 4.90 Å². The lowest BCUT2D eigenvalue weighted by molar-refractivity contribution is -0.150. The van der Waals surface area contributed by atoms with E-state index in [9.17, 15) is 4.79 Å². The normalized spacial score (nSPS) is 25.6. The highest BCUT2D eigenvalue weighted by atomic mass is 79.9. The maximum atomic E-state index is 12.1. The Morgan fingerprint density at radius 1 is 1.60 bits per heavy atom. The van der Waals surface area contributed by atoms with E-state index in [0.29, 0.717) is 11.9 Å². The predicted octanol–water partition coefficient (Wildman–Crippen LogP) is 3.62. The molecular formula is C15H20BrNO2S. The van der Waals surface area contributed by atoms with Crippen LogP contribution in [0.25, 0.3) is 0 Å². The van der Waals surface area contributed by atoms with Gasteiger partial charge in [-0.2, -0.15) is 0 Å². The highest BCUT2D eigenvalue weighted by molar-refractivity contribution is 9.10. The smallest absolute Gasteiger partial charge is 0.326 e. The molecule has 2 unspecified atom stereocenters. The Morgan fingerprint density at radius 3 is 3.05 bits per heavy atom. The Hall–Kier alpha value is -0.520. The molecule has 1 fully saturated rings. The number of hydrogen-bond acceptors (Lipinski definition) is 4. The molecule has 0 aliphatic heterocycles. The first-order valence-electron chi connectivity index (χ1n) is 6.88. The van der Waals surface area contributed by atoms with Crippen LogP contribution in [0, 0.1) is 0 Å². The molecule has 0 saturated heterocycles. The van der Waals surface area contributed by atoms with Crippen LogP contribution in [-0.2, 0) is 9.53 Å². The predicted molar refractivity (Wildman–Crippen MR) is 86.1 cm³/mol. The van der Waals surface area contributed by atoms with Gasteiger partial charge in [0.05, 0.1) is 6.61 Å². The molecule has 3 nitrogen and oxygen atoms in total. The number of hydrogen-bond donors (Lipinski definition) is 1. The van der Waals surface area contributed by atoms with Gasteiger partial charge in [0.1, 0.15) is 5.54 Å². The summed E-state index contributed by atoms with van der Waals surface area (Å²) in [6.45, 7) is 2.29. The topological polar surface area (TPSA) is 38.3 Å². The summed E-state index contributed by atoms with van der Waals surface area (Å²) in [5, 5.41) is 3.64. The lowest BCUT2D eigenvalue weighted by Crippen LogP contribution is -2.49. The van der Waals surface area contributed by atoms with Crippen LogP contribution < -0.4 is 5.32 Å². The molecule has 1 aliphatic rings. The lowest BCUT2D eigenvalue weighted by atomic mass is 9.98. The second-order valence-corrected chi connectivity index (χ2v) is 7.28. The minimum Gasteiger partial charge on any atom is -0.465 e. The molecule has 1 aromatic carbocycles. The molecule has 1 aromatic rings. The molecule has 1 N–H and O–H groups in total. The Bertz CT molecular complexity index is 483. The quantitative estimate of drug-likeness (QED) is 0.816. The molecule has 5 heteroatoms. The van der Waals surface area contributed by atoms with E-state index in [1.54, 1.807) is 0 Å². The highest BCUT2D eigenvalue weighted by Gasteiger charge is 2.45. The number of nitrogens with one attached hydrogen (secondary N) is 1. The van der Waals surface area contributed by atoms with Crippen molar-refractivity contribution in [1.82, 2.24) is 5.32 Å². The summed E-state index contributed by atoms with van der Waals surface area (Å²) in [6.07, 6.45) is 2.68. The SMILES string of the molecule is CCOC(=O)C1(NC)CCC(Sc2cccc(Br)c2)C1. The van der Waals surface area contributed by atoms with E-state index in [1.807, 2.05) is 37.9 Å². The standard InChI is InChI=1S/C15H20BrNO2S/c1-3-19-14(18)15(17-2)8-7-13(10-15)20-12-6-4-5-11(16)9-12/h4-6,9,13,17H,3,7-8,10H2,1-2H3. The number of ether oxygens (including phenoxy) is 1. The largest absolute Gasteiger partial charge is 0.465 e. The van der Waals surface area contributed by atoms with E-state index in [4.69, 9.17) is 4.74 Å². The van der Waals surface area contributed by atoms with Crippen molar-refractivity contribution < 1.29 is 9.53 Å². The van der Waals surface area contributed by atoms with Gasteiger partial charge in [-0.1, -0.05) is 22.0 Å². The Labute approximate surface area is 133 Å². The summed E-state index contributed by atoms with van der Waals surface area (Å²) < 4.78 is 6.31. The minimum absolute atomic E-state index is 0.111. The van der Waals surface area contributed by atoms with Crippen LogP contribution in [0.4, 0.5) is 0 Å². The van der Waals surface area contributed by atoms with E-state index in [-0.39, 0.29) is 5.97 Å². The van der Waals surface area contributed by atoms with Crippen molar-refractivity contribution in [2.45, 2.75) is 41.9 Å². The third kappa shape index (κ3) is 3.57. The van der Waals surface area contributed by atoms with Crippen molar-refractivity contribution in [3.05, 3.63) is 28.7 Å². The zero-order chi connectivity index (χ0) is 14.6. The minimum atomic E-state index is -0.500. The number of benzene rings is 1. The molecule has 0 amide bonds. The first-order chi connectivity index (χ1) is 9.59. The number of halogens is 1. The van der Waals surface area contributed by atoms with Crippen LogP contribution in [0.2, 0.25) is 0 Å². The van der Waals surface area contributed by atoms with Crippen LogP contribution in [-0.4, -0.2) is 30.4 Å². The molecule has 0 heterocycles. The van der Waals surface area contributed by atoms with E-state index < -0.39 is 5.54 Å². The zero-order valence-corrected chi connectivity index (χ0v) is 14.2. The first-order valence-corrected chi connectivity index (χ1v) is 8.55. The van der Waals surface area contributed by atoms with Crippen LogP contribution in [0.3, 0.4) is 0 Å². The zero-order valence-electron chi connectivity index (χ0n) is 11.8. The fourth-order valence-electron chi connectivity index (χ4n) is 2.62. The van der Waals surface area contributed by atoms with Crippen molar-refractivity contribution in [2.75, 3.05) is 13.7 Å². The third-order valence-electron chi connectivity index (χ3n) is 3.71. The van der Waals surface area contributed by atoms with Gasteiger partial charge < -0.3 is 10.1 Å².